The quantitative estimate of drug-likeness (QED) is 0.907. The van der Waals surface area contributed by atoms with Gasteiger partial charge < -0.3 is 10.2 Å². The Balaban J connectivity index is 2.27. The van der Waals surface area contributed by atoms with E-state index in [0.717, 1.165) is 4.88 Å². The first-order valence-electron chi connectivity index (χ1n) is 6.22. The highest BCUT2D eigenvalue weighted by Gasteiger charge is 2.39. The Morgan fingerprint density at radius 2 is 2.39 bits per heavy atom. The number of likely N-dealkylation sites (tertiary alicyclic amines) is 1. The van der Waals surface area contributed by atoms with Gasteiger partial charge in [0.15, 0.2) is 0 Å². The molecule has 0 aliphatic carbocycles. The maximum absolute atomic E-state index is 12.1. The molecule has 1 aliphatic heterocycles. The maximum Gasteiger partial charge on any atom is 0.225 e. The molecule has 98 valence electrons. The Hall–Kier alpha value is -1.36. The summed E-state index contributed by atoms with van der Waals surface area (Å²) in [7, 11) is 1.79. The maximum atomic E-state index is 12.1. The average molecular weight is 266 g/mol. The van der Waals surface area contributed by atoms with Crippen molar-refractivity contribution in [2.45, 2.75) is 25.8 Å². The molecule has 0 bridgehead atoms. The topological polar surface area (TPSA) is 49.4 Å². The lowest BCUT2D eigenvalue weighted by atomic mass is 9.87. The summed E-state index contributed by atoms with van der Waals surface area (Å²) in [4.78, 5) is 26.7. The van der Waals surface area contributed by atoms with Crippen LogP contribution in [0.4, 0.5) is 0 Å². The standard InChI is InChI=1S/C13H18N2O2S/c1-3-14-13(17)9-6-7-11(16)15(2)12(9)10-5-4-8-18-10/h4-5,8-9,12H,3,6-7H2,1-2H3,(H,14,17)/t9-,12-/m0/s1. The van der Waals surface area contributed by atoms with Gasteiger partial charge in [-0.05, 0) is 24.8 Å². The fourth-order valence-electron chi connectivity index (χ4n) is 2.47. The van der Waals surface area contributed by atoms with Crippen molar-refractivity contribution >= 4 is 23.2 Å². The SMILES string of the molecule is CCNC(=O)[C@H]1CCC(=O)N(C)[C@@H]1c1cccs1. The number of amides is 2. The molecule has 1 saturated heterocycles. The third kappa shape index (κ3) is 2.41. The van der Waals surface area contributed by atoms with E-state index < -0.39 is 0 Å². The zero-order valence-electron chi connectivity index (χ0n) is 10.7. The number of carbonyl (C=O) groups excluding carboxylic acids is 2. The first kappa shape index (κ1) is 13.1. The summed E-state index contributed by atoms with van der Waals surface area (Å²) >= 11 is 1.60. The van der Waals surface area contributed by atoms with E-state index in [0.29, 0.717) is 19.4 Å². The molecule has 1 aliphatic rings. The Morgan fingerprint density at radius 3 is 3.00 bits per heavy atom. The van der Waals surface area contributed by atoms with E-state index >= 15 is 0 Å². The van der Waals surface area contributed by atoms with E-state index in [1.807, 2.05) is 24.4 Å². The van der Waals surface area contributed by atoms with Gasteiger partial charge in [0.1, 0.15) is 0 Å². The molecule has 1 aromatic heterocycles. The zero-order chi connectivity index (χ0) is 13.1. The highest BCUT2D eigenvalue weighted by molar-refractivity contribution is 7.10. The summed E-state index contributed by atoms with van der Waals surface area (Å²) in [5.41, 5.74) is 0. The fourth-order valence-corrected chi connectivity index (χ4v) is 3.40. The van der Waals surface area contributed by atoms with Crippen LogP contribution in [0.1, 0.15) is 30.7 Å². The molecule has 0 aromatic carbocycles. The van der Waals surface area contributed by atoms with Gasteiger partial charge in [0, 0.05) is 24.9 Å². The van der Waals surface area contributed by atoms with Gasteiger partial charge in [0.2, 0.25) is 11.8 Å². The molecule has 1 fully saturated rings. The van der Waals surface area contributed by atoms with Gasteiger partial charge in [-0.3, -0.25) is 9.59 Å². The van der Waals surface area contributed by atoms with Crippen molar-refractivity contribution in [1.82, 2.24) is 10.2 Å². The number of hydrogen-bond donors (Lipinski definition) is 1. The van der Waals surface area contributed by atoms with Gasteiger partial charge in [0.05, 0.1) is 12.0 Å². The molecule has 5 heteroatoms. The van der Waals surface area contributed by atoms with Crippen LogP contribution in [0.3, 0.4) is 0 Å². The predicted molar refractivity (Wildman–Crippen MR) is 71.2 cm³/mol. The smallest absolute Gasteiger partial charge is 0.225 e. The van der Waals surface area contributed by atoms with Crippen molar-refractivity contribution in [1.29, 1.82) is 0 Å². The molecule has 1 aromatic rings. The summed E-state index contributed by atoms with van der Waals surface area (Å²) in [5, 5.41) is 4.85. The lowest BCUT2D eigenvalue weighted by Gasteiger charge is -2.37. The summed E-state index contributed by atoms with van der Waals surface area (Å²) in [5.74, 6) is 0.0375. The fraction of sp³-hybridized carbons (Fsp3) is 0.538. The van der Waals surface area contributed by atoms with Crippen molar-refractivity contribution in [2.24, 2.45) is 5.92 Å². The van der Waals surface area contributed by atoms with Gasteiger partial charge >= 0.3 is 0 Å². The molecule has 2 amide bonds. The zero-order valence-corrected chi connectivity index (χ0v) is 11.5. The molecular formula is C13H18N2O2S. The van der Waals surface area contributed by atoms with Gasteiger partial charge in [0.25, 0.3) is 0 Å². The third-order valence-corrected chi connectivity index (χ3v) is 4.33. The minimum atomic E-state index is -0.133. The Bertz CT molecular complexity index is 430. The minimum Gasteiger partial charge on any atom is -0.356 e. The van der Waals surface area contributed by atoms with Crippen molar-refractivity contribution in [2.75, 3.05) is 13.6 Å². The van der Waals surface area contributed by atoms with E-state index in [1.165, 1.54) is 0 Å². The van der Waals surface area contributed by atoms with Gasteiger partial charge in [-0.25, -0.2) is 0 Å². The van der Waals surface area contributed by atoms with Crippen LogP contribution in [-0.2, 0) is 9.59 Å². The summed E-state index contributed by atoms with van der Waals surface area (Å²) in [6.45, 7) is 2.54. The summed E-state index contributed by atoms with van der Waals surface area (Å²) in [6.07, 6.45) is 1.09. The summed E-state index contributed by atoms with van der Waals surface area (Å²) in [6, 6.07) is 3.84. The number of piperidine rings is 1. The molecule has 0 saturated carbocycles. The molecular weight excluding hydrogens is 248 g/mol. The molecule has 0 unspecified atom stereocenters. The number of hydrogen-bond acceptors (Lipinski definition) is 3. The lowest BCUT2D eigenvalue weighted by molar-refractivity contribution is -0.141. The van der Waals surface area contributed by atoms with E-state index in [-0.39, 0.29) is 23.8 Å². The van der Waals surface area contributed by atoms with Crippen molar-refractivity contribution in [3.8, 4) is 0 Å². The first-order chi connectivity index (χ1) is 8.65. The van der Waals surface area contributed by atoms with Crippen LogP contribution >= 0.6 is 11.3 Å². The largest absolute Gasteiger partial charge is 0.356 e. The molecule has 2 atom stereocenters. The van der Waals surface area contributed by atoms with Crippen LogP contribution < -0.4 is 5.32 Å². The summed E-state index contributed by atoms with van der Waals surface area (Å²) < 4.78 is 0. The number of thiophene rings is 1. The molecule has 0 radical (unpaired) electrons. The van der Waals surface area contributed by atoms with Crippen molar-refractivity contribution < 1.29 is 9.59 Å². The molecule has 2 heterocycles. The van der Waals surface area contributed by atoms with Gasteiger partial charge in [-0.1, -0.05) is 6.07 Å². The average Bonchev–Trinajstić information content (AvgIpc) is 2.86. The molecule has 0 spiro atoms. The van der Waals surface area contributed by atoms with Crippen LogP contribution in [0.2, 0.25) is 0 Å². The monoisotopic (exact) mass is 266 g/mol. The van der Waals surface area contributed by atoms with E-state index in [1.54, 1.807) is 23.3 Å². The van der Waals surface area contributed by atoms with Crippen LogP contribution in [0, 0.1) is 5.92 Å². The predicted octanol–water partition coefficient (Wildman–Crippen LogP) is 1.79. The Kier molecular flexibility index (Phi) is 4.01. The van der Waals surface area contributed by atoms with E-state index in [2.05, 4.69) is 5.32 Å². The first-order valence-corrected chi connectivity index (χ1v) is 7.10. The second-order valence-electron chi connectivity index (χ2n) is 4.50. The Morgan fingerprint density at radius 1 is 1.61 bits per heavy atom. The number of nitrogens with one attached hydrogen (secondary N) is 1. The number of nitrogens with zero attached hydrogens (tertiary/aromatic N) is 1. The van der Waals surface area contributed by atoms with E-state index in [9.17, 15) is 9.59 Å². The second kappa shape index (κ2) is 5.52. The molecule has 4 nitrogen and oxygen atoms in total. The highest BCUT2D eigenvalue weighted by Crippen LogP contribution is 2.37. The van der Waals surface area contributed by atoms with Crippen molar-refractivity contribution in [3.05, 3.63) is 22.4 Å². The van der Waals surface area contributed by atoms with Crippen LogP contribution in [0.5, 0.6) is 0 Å². The number of rotatable bonds is 3. The normalized spacial score (nSPS) is 24.1. The van der Waals surface area contributed by atoms with Crippen LogP contribution in [0.25, 0.3) is 0 Å². The van der Waals surface area contributed by atoms with Crippen LogP contribution in [0.15, 0.2) is 17.5 Å². The van der Waals surface area contributed by atoms with Crippen LogP contribution in [-0.4, -0.2) is 30.3 Å². The Labute approximate surface area is 111 Å². The van der Waals surface area contributed by atoms with Crippen molar-refractivity contribution in [3.63, 3.8) is 0 Å². The second-order valence-corrected chi connectivity index (χ2v) is 5.48. The molecule has 2 rings (SSSR count). The van der Waals surface area contributed by atoms with E-state index in [4.69, 9.17) is 0 Å². The third-order valence-electron chi connectivity index (χ3n) is 3.38. The van der Waals surface area contributed by atoms with Gasteiger partial charge in [-0.15, -0.1) is 11.3 Å². The lowest BCUT2D eigenvalue weighted by Crippen LogP contribution is -2.46. The van der Waals surface area contributed by atoms with Gasteiger partial charge in [-0.2, -0.15) is 0 Å². The molecule has 1 N–H and O–H groups in total. The minimum absolute atomic E-state index is 0.0512. The highest BCUT2D eigenvalue weighted by atomic mass is 32.1. The number of carbonyl (C=O) groups is 2. The molecule has 18 heavy (non-hydrogen) atoms.